The van der Waals surface area contributed by atoms with Gasteiger partial charge in [-0.25, -0.2) is 0 Å². The summed E-state index contributed by atoms with van der Waals surface area (Å²) in [6.45, 7) is 4.81. The predicted octanol–water partition coefficient (Wildman–Crippen LogP) is 9.40. The van der Waals surface area contributed by atoms with Gasteiger partial charge < -0.3 is 0 Å². The SMILES string of the molecule is CCCC1CCC(C2CCC(C3CCC(CC(C)c4ccccc4)CC3)CC2)CC1. The van der Waals surface area contributed by atoms with E-state index in [0.29, 0.717) is 0 Å². The molecule has 4 rings (SSSR count). The van der Waals surface area contributed by atoms with E-state index in [1.165, 1.54) is 44.9 Å². The lowest BCUT2D eigenvalue weighted by atomic mass is 9.64. The van der Waals surface area contributed by atoms with Gasteiger partial charge in [0.2, 0.25) is 0 Å². The fraction of sp³-hybridized carbons (Fsp3) is 0.800. The van der Waals surface area contributed by atoms with Crippen LogP contribution in [0.3, 0.4) is 0 Å². The number of rotatable bonds is 7. The van der Waals surface area contributed by atoms with E-state index >= 15 is 0 Å². The zero-order valence-corrected chi connectivity index (χ0v) is 20.0. The molecule has 0 aromatic heterocycles. The summed E-state index contributed by atoms with van der Waals surface area (Å²) < 4.78 is 0. The molecule has 0 nitrogen and oxygen atoms in total. The van der Waals surface area contributed by atoms with E-state index in [9.17, 15) is 0 Å². The fourth-order valence-corrected chi connectivity index (χ4v) is 7.76. The highest BCUT2D eigenvalue weighted by Crippen LogP contribution is 2.47. The van der Waals surface area contributed by atoms with Crippen LogP contribution < -0.4 is 0 Å². The Bertz CT molecular complexity index is 580. The van der Waals surface area contributed by atoms with Gasteiger partial charge in [0, 0.05) is 0 Å². The van der Waals surface area contributed by atoms with Crippen molar-refractivity contribution in [1.29, 1.82) is 0 Å². The lowest BCUT2D eigenvalue weighted by molar-refractivity contribution is 0.102. The first-order valence-electron chi connectivity index (χ1n) is 13.8. The molecule has 0 aliphatic heterocycles. The molecule has 0 heterocycles. The summed E-state index contributed by atoms with van der Waals surface area (Å²) in [5.41, 5.74) is 1.54. The molecule has 0 radical (unpaired) electrons. The molecule has 0 spiro atoms. The molecule has 1 aromatic carbocycles. The third-order valence-corrected chi connectivity index (χ3v) is 9.69. The predicted molar refractivity (Wildman–Crippen MR) is 131 cm³/mol. The van der Waals surface area contributed by atoms with Gasteiger partial charge in [-0.15, -0.1) is 0 Å². The maximum absolute atomic E-state index is 2.44. The highest BCUT2D eigenvalue weighted by molar-refractivity contribution is 5.18. The molecule has 168 valence electrons. The second kappa shape index (κ2) is 11.2. The van der Waals surface area contributed by atoms with Gasteiger partial charge in [0.25, 0.3) is 0 Å². The topological polar surface area (TPSA) is 0 Å². The molecule has 3 fully saturated rings. The highest BCUT2D eigenvalue weighted by atomic mass is 14.4. The molecule has 0 bridgehead atoms. The molecule has 0 N–H and O–H groups in total. The Kier molecular flexibility index (Phi) is 8.36. The zero-order valence-electron chi connectivity index (χ0n) is 20.0. The molecule has 0 saturated heterocycles. The van der Waals surface area contributed by atoms with Crippen LogP contribution in [0.15, 0.2) is 30.3 Å². The second-order valence-electron chi connectivity index (χ2n) is 11.6. The number of hydrogen-bond acceptors (Lipinski definition) is 0. The molecule has 3 aliphatic carbocycles. The van der Waals surface area contributed by atoms with E-state index in [0.717, 1.165) is 41.4 Å². The Labute approximate surface area is 187 Å². The van der Waals surface area contributed by atoms with Gasteiger partial charge in [-0.3, -0.25) is 0 Å². The summed E-state index contributed by atoms with van der Waals surface area (Å²) >= 11 is 0. The van der Waals surface area contributed by atoms with E-state index in [4.69, 9.17) is 0 Å². The highest BCUT2D eigenvalue weighted by Gasteiger charge is 2.34. The summed E-state index contributed by atoms with van der Waals surface area (Å²) in [7, 11) is 0. The van der Waals surface area contributed by atoms with Gasteiger partial charge in [0.1, 0.15) is 0 Å². The van der Waals surface area contributed by atoms with Crippen LogP contribution >= 0.6 is 0 Å². The molecule has 3 aliphatic rings. The molecule has 1 aromatic rings. The van der Waals surface area contributed by atoms with E-state index in [1.807, 2.05) is 0 Å². The van der Waals surface area contributed by atoms with Crippen LogP contribution in [0.2, 0.25) is 0 Å². The van der Waals surface area contributed by atoms with Crippen LogP contribution in [0.4, 0.5) is 0 Å². The molecule has 3 saturated carbocycles. The average Bonchev–Trinajstić information content (AvgIpc) is 2.81. The summed E-state index contributed by atoms with van der Waals surface area (Å²) in [5, 5.41) is 0. The Hall–Kier alpha value is -0.780. The third-order valence-electron chi connectivity index (χ3n) is 9.69. The first kappa shape index (κ1) is 22.4. The average molecular weight is 409 g/mol. The Morgan fingerprint density at radius 2 is 1.07 bits per heavy atom. The third kappa shape index (κ3) is 5.92. The summed E-state index contributed by atoms with van der Waals surface area (Å²) in [4.78, 5) is 0. The van der Waals surface area contributed by atoms with Gasteiger partial charge in [0.05, 0.1) is 0 Å². The van der Waals surface area contributed by atoms with Gasteiger partial charge >= 0.3 is 0 Å². The minimum Gasteiger partial charge on any atom is -0.0654 e. The quantitative estimate of drug-likeness (QED) is 0.421. The Morgan fingerprint density at radius 1 is 0.633 bits per heavy atom. The van der Waals surface area contributed by atoms with Gasteiger partial charge in [-0.1, -0.05) is 82.7 Å². The van der Waals surface area contributed by atoms with Crippen molar-refractivity contribution in [3.8, 4) is 0 Å². The Morgan fingerprint density at radius 3 is 1.53 bits per heavy atom. The van der Waals surface area contributed by atoms with Crippen LogP contribution in [0.5, 0.6) is 0 Å². The van der Waals surface area contributed by atoms with Gasteiger partial charge in [-0.05, 0) is 105 Å². The van der Waals surface area contributed by atoms with Crippen molar-refractivity contribution < 1.29 is 0 Å². The maximum Gasteiger partial charge on any atom is -0.0188 e. The molecule has 0 amide bonds. The summed E-state index contributed by atoms with van der Waals surface area (Å²) in [5.74, 6) is 7.10. The summed E-state index contributed by atoms with van der Waals surface area (Å²) in [6, 6.07) is 11.2. The molecular weight excluding hydrogens is 360 g/mol. The van der Waals surface area contributed by atoms with Crippen LogP contribution in [-0.4, -0.2) is 0 Å². The van der Waals surface area contributed by atoms with Crippen molar-refractivity contribution in [1.82, 2.24) is 0 Å². The minimum atomic E-state index is 0.732. The lowest BCUT2D eigenvalue weighted by Gasteiger charge is -2.41. The van der Waals surface area contributed by atoms with Crippen molar-refractivity contribution in [2.45, 2.75) is 116 Å². The molecule has 0 heteroatoms. The first-order chi connectivity index (χ1) is 14.7. The van der Waals surface area contributed by atoms with E-state index in [2.05, 4.69) is 44.2 Å². The van der Waals surface area contributed by atoms with E-state index in [-0.39, 0.29) is 0 Å². The summed E-state index contributed by atoms with van der Waals surface area (Å²) in [6.07, 6.45) is 22.8. The molecule has 1 unspecified atom stereocenters. The van der Waals surface area contributed by atoms with Crippen molar-refractivity contribution in [2.24, 2.45) is 35.5 Å². The number of benzene rings is 1. The van der Waals surface area contributed by atoms with Crippen molar-refractivity contribution in [3.05, 3.63) is 35.9 Å². The van der Waals surface area contributed by atoms with Crippen molar-refractivity contribution in [2.75, 3.05) is 0 Å². The second-order valence-corrected chi connectivity index (χ2v) is 11.6. The Balaban J connectivity index is 1.15. The molecular formula is C30H48. The van der Waals surface area contributed by atoms with E-state index in [1.54, 1.807) is 56.9 Å². The number of hydrogen-bond donors (Lipinski definition) is 0. The van der Waals surface area contributed by atoms with Gasteiger partial charge in [-0.2, -0.15) is 0 Å². The monoisotopic (exact) mass is 408 g/mol. The standard InChI is InChI=1S/C30H48/c1-3-7-24-10-14-27(15-11-24)29-18-20-30(21-19-29)28-16-12-25(13-17-28)22-23(2)26-8-5-4-6-9-26/h4-6,8-9,23-25,27-30H,3,7,10-22H2,1-2H3. The van der Waals surface area contributed by atoms with Gasteiger partial charge in [0.15, 0.2) is 0 Å². The largest absolute Gasteiger partial charge is 0.0654 e. The molecule has 30 heavy (non-hydrogen) atoms. The van der Waals surface area contributed by atoms with Crippen LogP contribution in [0.1, 0.15) is 122 Å². The molecule has 1 atom stereocenters. The first-order valence-corrected chi connectivity index (χ1v) is 13.8. The van der Waals surface area contributed by atoms with E-state index < -0.39 is 0 Å². The lowest BCUT2D eigenvalue weighted by Crippen LogP contribution is -2.30. The smallest absolute Gasteiger partial charge is 0.0188 e. The van der Waals surface area contributed by atoms with Crippen LogP contribution in [0.25, 0.3) is 0 Å². The maximum atomic E-state index is 2.44. The zero-order chi connectivity index (χ0) is 20.8. The van der Waals surface area contributed by atoms with Crippen LogP contribution in [-0.2, 0) is 0 Å². The van der Waals surface area contributed by atoms with Crippen molar-refractivity contribution >= 4 is 0 Å². The normalized spacial score (nSPS) is 36.3. The fourth-order valence-electron chi connectivity index (χ4n) is 7.76. The minimum absolute atomic E-state index is 0.732. The van der Waals surface area contributed by atoms with Crippen molar-refractivity contribution in [3.63, 3.8) is 0 Å². The van der Waals surface area contributed by atoms with Crippen LogP contribution in [0, 0.1) is 35.5 Å².